The van der Waals surface area contributed by atoms with Crippen LogP contribution < -0.4 is 0 Å². The molecule has 2 rings (SSSR count). The molecule has 19 heavy (non-hydrogen) atoms. The third kappa shape index (κ3) is 3.58. The first-order valence-electron chi connectivity index (χ1n) is 7.64. The SMILES string of the molecule is CCCCc1ccc(C(O)C2CCOC2CC)cc1. The van der Waals surface area contributed by atoms with Crippen LogP contribution in [-0.2, 0) is 11.2 Å². The van der Waals surface area contributed by atoms with E-state index in [4.69, 9.17) is 4.74 Å². The van der Waals surface area contributed by atoms with Gasteiger partial charge in [0.15, 0.2) is 0 Å². The number of hydrogen-bond acceptors (Lipinski definition) is 2. The standard InChI is InChI=1S/C17H26O2/c1-3-5-6-13-7-9-14(10-8-13)17(18)15-11-12-19-16(15)4-2/h7-10,15-18H,3-6,11-12H2,1-2H3. The highest BCUT2D eigenvalue weighted by molar-refractivity contribution is 5.25. The lowest BCUT2D eigenvalue weighted by Crippen LogP contribution is -2.22. The lowest BCUT2D eigenvalue weighted by Gasteiger charge is -2.23. The van der Waals surface area contributed by atoms with Gasteiger partial charge in [-0.05, 0) is 36.8 Å². The van der Waals surface area contributed by atoms with Gasteiger partial charge in [-0.15, -0.1) is 0 Å². The van der Waals surface area contributed by atoms with Gasteiger partial charge in [0.2, 0.25) is 0 Å². The quantitative estimate of drug-likeness (QED) is 0.843. The number of unbranched alkanes of at least 4 members (excludes halogenated alkanes) is 1. The molecule has 3 atom stereocenters. The van der Waals surface area contributed by atoms with Crippen LogP contribution in [0.1, 0.15) is 56.8 Å². The molecular formula is C17H26O2. The second-order valence-corrected chi connectivity index (χ2v) is 5.56. The molecule has 0 spiro atoms. The van der Waals surface area contributed by atoms with Crippen molar-refractivity contribution in [2.75, 3.05) is 6.61 Å². The van der Waals surface area contributed by atoms with Crippen molar-refractivity contribution in [3.05, 3.63) is 35.4 Å². The fraction of sp³-hybridized carbons (Fsp3) is 0.647. The number of aliphatic hydroxyl groups is 1. The molecule has 1 aromatic rings. The van der Waals surface area contributed by atoms with Gasteiger partial charge in [0.1, 0.15) is 0 Å². The number of aliphatic hydroxyl groups excluding tert-OH is 1. The largest absolute Gasteiger partial charge is 0.388 e. The van der Waals surface area contributed by atoms with Crippen LogP contribution in [0, 0.1) is 5.92 Å². The molecule has 3 unspecified atom stereocenters. The normalized spacial score (nSPS) is 24.6. The van der Waals surface area contributed by atoms with Crippen molar-refractivity contribution in [1.29, 1.82) is 0 Å². The molecule has 2 nitrogen and oxygen atoms in total. The Bertz CT molecular complexity index is 371. The topological polar surface area (TPSA) is 29.5 Å². The highest BCUT2D eigenvalue weighted by atomic mass is 16.5. The number of aryl methyl sites for hydroxylation is 1. The van der Waals surface area contributed by atoms with Crippen LogP contribution in [0.5, 0.6) is 0 Å². The first-order valence-corrected chi connectivity index (χ1v) is 7.64. The Balaban J connectivity index is 2.00. The maximum Gasteiger partial charge on any atom is 0.0843 e. The van der Waals surface area contributed by atoms with Gasteiger partial charge in [-0.25, -0.2) is 0 Å². The van der Waals surface area contributed by atoms with E-state index in [-0.39, 0.29) is 18.1 Å². The van der Waals surface area contributed by atoms with Crippen molar-refractivity contribution in [1.82, 2.24) is 0 Å². The summed E-state index contributed by atoms with van der Waals surface area (Å²) in [5, 5.41) is 10.5. The molecular weight excluding hydrogens is 236 g/mol. The highest BCUT2D eigenvalue weighted by Gasteiger charge is 2.33. The Morgan fingerprint density at radius 1 is 1.26 bits per heavy atom. The van der Waals surface area contributed by atoms with Crippen LogP contribution >= 0.6 is 0 Å². The summed E-state index contributed by atoms with van der Waals surface area (Å²) in [5.74, 6) is 0.256. The lowest BCUT2D eigenvalue weighted by molar-refractivity contribution is 0.0307. The number of hydrogen-bond donors (Lipinski definition) is 1. The minimum absolute atomic E-state index is 0.217. The Hall–Kier alpha value is -0.860. The van der Waals surface area contributed by atoms with Crippen LogP contribution in [-0.4, -0.2) is 17.8 Å². The Morgan fingerprint density at radius 2 is 2.00 bits per heavy atom. The zero-order valence-electron chi connectivity index (χ0n) is 12.1. The summed E-state index contributed by atoms with van der Waals surface area (Å²) in [6.45, 7) is 5.13. The van der Waals surface area contributed by atoms with E-state index in [9.17, 15) is 5.11 Å². The van der Waals surface area contributed by atoms with Gasteiger partial charge in [0, 0.05) is 12.5 Å². The van der Waals surface area contributed by atoms with Crippen LogP contribution in [0.2, 0.25) is 0 Å². The zero-order valence-corrected chi connectivity index (χ0v) is 12.1. The summed E-state index contributed by atoms with van der Waals surface area (Å²) >= 11 is 0. The monoisotopic (exact) mass is 262 g/mol. The Kier molecular flexibility index (Phi) is 5.41. The Morgan fingerprint density at radius 3 is 2.63 bits per heavy atom. The molecule has 1 aliphatic rings. The summed E-state index contributed by atoms with van der Waals surface area (Å²) < 4.78 is 5.67. The molecule has 0 radical (unpaired) electrons. The predicted octanol–water partition coefficient (Wildman–Crippen LogP) is 3.88. The van der Waals surface area contributed by atoms with Crippen molar-refractivity contribution < 1.29 is 9.84 Å². The van der Waals surface area contributed by atoms with E-state index in [1.807, 2.05) is 0 Å². The van der Waals surface area contributed by atoms with Crippen LogP contribution in [0.3, 0.4) is 0 Å². The molecule has 1 aromatic carbocycles. The second kappa shape index (κ2) is 7.06. The van der Waals surface area contributed by atoms with Crippen molar-refractivity contribution in [3.63, 3.8) is 0 Å². The third-order valence-electron chi connectivity index (χ3n) is 4.21. The van der Waals surface area contributed by atoms with E-state index < -0.39 is 0 Å². The minimum atomic E-state index is -0.382. The van der Waals surface area contributed by atoms with Crippen LogP contribution in [0.15, 0.2) is 24.3 Å². The number of ether oxygens (including phenoxy) is 1. The molecule has 1 fully saturated rings. The molecule has 1 aliphatic heterocycles. The van der Waals surface area contributed by atoms with Crippen molar-refractivity contribution in [2.45, 2.75) is 58.2 Å². The van der Waals surface area contributed by atoms with Gasteiger partial charge < -0.3 is 9.84 Å². The predicted molar refractivity (Wildman–Crippen MR) is 78.2 cm³/mol. The van der Waals surface area contributed by atoms with Crippen molar-refractivity contribution in [3.8, 4) is 0 Å². The molecule has 1 heterocycles. The van der Waals surface area contributed by atoms with Crippen LogP contribution in [0.25, 0.3) is 0 Å². The molecule has 106 valence electrons. The van der Waals surface area contributed by atoms with Gasteiger partial charge in [-0.1, -0.05) is 44.5 Å². The zero-order chi connectivity index (χ0) is 13.7. The molecule has 2 heteroatoms. The maximum absolute atomic E-state index is 10.5. The minimum Gasteiger partial charge on any atom is -0.388 e. The fourth-order valence-corrected chi connectivity index (χ4v) is 2.96. The summed E-state index contributed by atoms with van der Waals surface area (Å²) in [6.07, 6.45) is 5.38. The summed E-state index contributed by atoms with van der Waals surface area (Å²) in [7, 11) is 0. The van der Waals surface area contributed by atoms with E-state index in [1.165, 1.54) is 18.4 Å². The maximum atomic E-state index is 10.5. The first kappa shape index (κ1) is 14.5. The Labute approximate surface area is 116 Å². The van der Waals surface area contributed by atoms with Crippen LogP contribution in [0.4, 0.5) is 0 Å². The fourth-order valence-electron chi connectivity index (χ4n) is 2.96. The lowest BCUT2D eigenvalue weighted by atomic mass is 9.88. The molecule has 1 saturated heterocycles. The van der Waals surface area contributed by atoms with E-state index >= 15 is 0 Å². The summed E-state index contributed by atoms with van der Waals surface area (Å²) in [4.78, 5) is 0. The van der Waals surface area contributed by atoms with Gasteiger partial charge in [-0.2, -0.15) is 0 Å². The number of benzene rings is 1. The average molecular weight is 262 g/mol. The highest BCUT2D eigenvalue weighted by Crippen LogP contribution is 2.34. The third-order valence-corrected chi connectivity index (χ3v) is 4.21. The average Bonchev–Trinajstić information content (AvgIpc) is 2.93. The smallest absolute Gasteiger partial charge is 0.0843 e. The summed E-state index contributed by atoms with van der Waals surface area (Å²) in [5.41, 5.74) is 2.40. The van der Waals surface area contributed by atoms with Crippen molar-refractivity contribution in [2.24, 2.45) is 5.92 Å². The molecule has 0 aliphatic carbocycles. The van der Waals surface area contributed by atoms with Gasteiger partial charge in [0.25, 0.3) is 0 Å². The first-order chi connectivity index (χ1) is 9.26. The van der Waals surface area contributed by atoms with Gasteiger partial charge in [0.05, 0.1) is 12.2 Å². The molecule has 1 N–H and O–H groups in total. The molecule has 0 bridgehead atoms. The summed E-state index contributed by atoms with van der Waals surface area (Å²) in [6, 6.07) is 8.48. The van der Waals surface area contributed by atoms with E-state index in [0.29, 0.717) is 0 Å². The van der Waals surface area contributed by atoms with E-state index in [2.05, 4.69) is 38.1 Å². The molecule has 0 aromatic heterocycles. The van der Waals surface area contributed by atoms with Gasteiger partial charge in [-0.3, -0.25) is 0 Å². The van der Waals surface area contributed by atoms with Crippen molar-refractivity contribution >= 4 is 0 Å². The molecule has 0 amide bonds. The van der Waals surface area contributed by atoms with E-state index in [1.54, 1.807) is 0 Å². The van der Waals surface area contributed by atoms with E-state index in [0.717, 1.165) is 31.4 Å². The van der Waals surface area contributed by atoms with Gasteiger partial charge >= 0.3 is 0 Å². The molecule has 0 saturated carbocycles. The second-order valence-electron chi connectivity index (χ2n) is 5.56. The number of rotatable bonds is 6.